The van der Waals surface area contributed by atoms with Crippen molar-refractivity contribution in [1.29, 1.82) is 5.41 Å². The number of halogens is 1. The number of thioether (sulfide) groups is 1. The van der Waals surface area contributed by atoms with Crippen LogP contribution in [-0.4, -0.2) is 35.5 Å². The number of likely N-dealkylation sites (tertiary alicyclic amines) is 1. The highest BCUT2D eigenvalue weighted by Crippen LogP contribution is 2.19. The van der Waals surface area contributed by atoms with E-state index >= 15 is 0 Å². The first kappa shape index (κ1) is 13.1. The first-order valence-corrected chi connectivity index (χ1v) is 5.36. The topological polar surface area (TPSA) is 53.1 Å². The molecular weight excluding hydrogens is 206 g/mol. The minimum atomic E-state index is 0. The number of nitrogens with one attached hydrogen (secondary N) is 1. The molecule has 3 nitrogen and oxygen atoms in total. The number of hydrogen-bond donors (Lipinski definition) is 2. The zero-order valence-corrected chi connectivity index (χ0v) is 9.59. The van der Waals surface area contributed by atoms with E-state index in [9.17, 15) is 0 Å². The van der Waals surface area contributed by atoms with E-state index in [1.807, 2.05) is 0 Å². The second kappa shape index (κ2) is 6.51. The van der Waals surface area contributed by atoms with E-state index in [4.69, 9.17) is 11.1 Å². The smallest absolute Gasteiger partial charge is 0.151 e. The number of hydrogen-bond acceptors (Lipinski definition) is 3. The SMILES string of the molecule is CN1CCCC1CCSC(=N)N.Cl. The molecule has 1 aliphatic heterocycles. The molecule has 0 spiro atoms. The first-order chi connectivity index (χ1) is 5.70. The van der Waals surface area contributed by atoms with E-state index in [1.165, 1.54) is 37.6 Å². The van der Waals surface area contributed by atoms with Crippen LogP contribution in [0.3, 0.4) is 0 Å². The fourth-order valence-electron chi connectivity index (χ4n) is 1.65. The van der Waals surface area contributed by atoms with E-state index in [0.29, 0.717) is 0 Å². The molecule has 0 aromatic heterocycles. The number of nitrogens with two attached hydrogens (primary N) is 1. The van der Waals surface area contributed by atoms with E-state index in [0.717, 1.165) is 11.8 Å². The summed E-state index contributed by atoms with van der Waals surface area (Å²) in [7, 11) is 2.18. The van der Waals surface area contributed by atoms with Gasteiger partial charge in [-0.05, 0) is 32.9 Å². The van der Waals surface area contributed by atoms with E-state index in [1.54, 1.807) is 0 Å². The maximum Gasteiger partial charge on any atom is 0.151 e. The van der Waals surface area contributed by atoms with Gasteiger partial charge in [-0.15, -0.1) is 12.4 Å². The van der Waals surface area contributed by atoms with Crippen LogP contribution in [0.5, 0.6) is 0 Å². The zero-order valence-electron chi connectivity index (χ0n) is 7.95. The molecule has 3 N–H and O–H groups in total. The second-order valence-electron chi connectivity index (χ2n) is 3.28. The Labute approximate surface area is 90.3 Å². The summed E-state index contributed by atoms with van der Waals surface area (Å²) in [5, 5.41) is 7.29. The van der Waals surface area contributed by atoms with E-state index in [-0.39, 0.29) is 17.6 Å². The molecule has 13 heavy (non-hydrogen) atoms. The second-order valence-corrected chi connectivity index (χ2v) is 4.41. The van der Waals surface area contributed by atoms with Crippen LogP contribution in [0.4, 0.5) is 0 Å². The fraction of sp³-hybridized carbons (Fsp3) is 0.875. The third-order valence-electron chi connectivity index (χ3n) is 2.38. The van der Waals surface area contributed by atoms with Gasteiger partial charge in [0.2, 0.25) is 0 Å². The van der Waals surface area contributed by atoms with Crippen LogP contribution in [-0.2, 0) is 0 Å². The highest BCUT2D eigenvalue weighted by Gasteiger charge is 2.19. The molecule has 1 saturated heterocycles. The lowest BCUT2D eigenvalue weighted by Gasteiger charge is -2.18. The Morgan fingerprint density at radius 2 is 2.38 bits per heavy atom. The zero-order chi connectivity index (χ0) is 8.97. The van der Waals surface area contributed by atoms with Gasteiger partial charge in [0.15, 0.2) is 5.17 Å². The van der Waals surface area contributed by atoms with Crippen LogP contribution < -0.4 is 5.73 Å². The van der Waals surface area contributed by atoms with Crippen molar-refractivity contribution in [2.24, 2.45) is 5.73 Å². The van der Waals surface area contributed by atoms with E-state index < -0.39 is 0 Å². The third kappa shape index (κ3) is 4.74. The van der Waals surface area contributed by atoms with Crippen molar-refractivity contribution in [3.8, 4) is 0 Å². The molecule has 0 aromatic carbocycles. The van der Waals surface area contributed by atoms with Gasteiger partial charge in [0.25, 0.3) is 0 Å². The van der Waals surface area contributed by atoms with Crippen LogP contribution in [0.1, 0.15) is 19.3 Å². The summed E-state index contributed by atoms with van der Waals surface area (Å²) in [6, 6.07) is 0.733. The summed E-state index contributed by atoms with van der Waals surface area (Å²) in [5.74, 6) is 0.990. The number of nitrogens with zero attached hydrogens (tertiary/aromatic N) is 1. The van der Waals surface area contributed by atoms with Crippen molar-refractivity contribution < 1.29 is 0 Å². The van der Waals surface area contributed by atoms with Gasteiger partial charge in [0.1, 0.15) is 0 Å². The number of amidine groups is 1. The van der Waals surface area contributed by atoms with Crippen molar-refractivity contribution in [3.63, 3.8) is 0 Å². The van der Waals surface area contributed by atoms with E-state index in [2.05, 4.69) is 11.9 Å². The largest absolute Gasteiger partial charge is 0.379 e. The summed E-state index contributed by atoms with van der Waals surface area (Å²) in [5.41, 5.74) is 5.24. The average molecular weight is 224 g/mol. The molecule has 1 aliphatic rings. The molecule has 78 valence electrons. The molecule has 5 heteroatoms. The lowest BCUT2D eigenvalue weighted by atomic mass is 10.2. The summed E-state index contributed by atoms with van der Waals surface area (Å²) >= 11 is 1.45. The Morgan fingerprint density at radius 3 is 2.85 bits per heavy atom. The minimum Gasteiger partial charge on any atom is -0.379 e. The van der Waals surface area contributed by atoms with Gasteiger partial charge >= 0.3 is 0 Å². The average Bonchev–Trinajstić information content (AvgIpc) is 2.36. The van der Waals surface area contributed by atoms with Crippen LogP contribution >= 0.6 is 24.2 Å². The summed E-state index contributed by atoms with van der Waals surface area (Å²) in [6.07, 6.45) is 3.81. The van der Waals surface area contributed by atoms with Crippen molar-refractivity contribution >= 4 is 29.3 Å². The molecule has 1 heterocycles. The maximum absolute atomic E-state index is 7.05. The Kier molecular flexibility index (Phi) is 6.55. The van der Waals surface area contributed by atoms with Crippen molar-refractivity contribution in [2.75, 3.05) is 19.3 Å². The molecule has 0 radical (unpaired) electrons. The molecule has 1 atom stereocenters. The molecule has 1 fully saturated rings. The number of rotatable bonds is 3. The lowest BCUT2D eigenvalue weighted by Crippen LogP contribution is -2.25. The van der Waals surface area contributed by atoms with Gasteiger partial charge in [-0.3, -0.25) is 5.41 Å². The van der Waals surface area contributed by atoms with Crippen molar-refractivity contribution in [3.05, 3.63) is 0 Å². The Hall–Kier alpha value is 0.0700. The minimum absolute atomic E-state index is 0. The lowest BCUT2D eigenvalue weighted by molar-refractivity contribution is 0.305. The van der Waals surface area contributed by atoms with Gasteiger partial charge in [-0.1, -0.05) is 11.8 Å². The normalized spacial score (nSPS) is 22.7. The highest BCUT2D eigenvalue weighted by molar-refractivity contribution is 8.13. The van der Waals surface area contributed by atoms with Crippen LogP contribution in [0.15, 0.2) is 0 Å². The van der Waals surface area contributed by atoms with Crippen LogP contribution in [0, 0.1) is 5.41 Å². The monoisotopic (exact) mass is 223 g/mol. The first-order valence-electron chi connectivity index (χ1n) is 4.37. The third-order valence-corrected chi connectivity index (χ3v) is 3.13. The van der Waals surface area contributed by atoms with Gasteiger partial charge in [-0.2, -0.15) is 0 Å². The summed E-state index contributed by atoms with van der Waals surface area (Å²) < 4.78 is 0. The molecule has 0 bridgehead atoms. The summed E-state index contributed by atoms with van der Waals surface area (Å²) in [4.78, 5) is 2.40. The molecular formula is C8H18ClN3S. The van der Waals surface area contributed by atoms with Gasteiger partial charge in [0, 0.05) is 11.8 Å². The predicted octanol–water partition coefficient (Wildman–Crippen LogP) is 1.52. The van der Waals surface area contributed by atoms with Crippen LogP contribution in [0.2, 0.25) is 0 Å². The molecule has 0 saturated carbocycles. The molecule has 0 aromatic rings. The quantitative estimate of drug-likeness (QED) is 0.564. The van der Waals surface area contributed by atoms with Gasteiger partial charge < -0.3 is 10.6 Å². The van der Waals surface area contributed by atoms with Gasteiger partial charge in [-0.25, -0.2) is 0 Å². The molecule has 1 rings (SSSR count). The summed E-state index contributed by atoms with van der Waals surface area (Å²) in [6.45, 7) is 1.23. The van der Waals surface area contributed by atoms with Gasteiger partial charge in [0.05, 0.1) is 0 Å². The Bertz CT molecular complexity index is 165. The van der Waals surface area contributed by atoms with Crippen molar-refractivity contribution in [2.45, 2.75) is 25.3 Å². The maximum atomic E-state index is 7.05. The van der Waals surface area contributed by atoms with Crippen LogP contribution in [0.25, 0.3) is 0 Å². The standard InChI is InChI=1S/C8H17N3S.ClH/c1-11-5-2-3-7(11)4-6-12-8(9)10;/h7H,2-6H2,1H3,(H3,9,10);1H. The molecule has 0 amide bonds. The molecule has 0 aliphatic carbocycles. The van der Waals surface area contributed by atoms with Crippen molar-refractivity contribution in [1.82, 2.24) is 4.90 Å². The Balaban J connectivity index is 0.00000144. The molecule has 1 unspecified atom stereocenters. The predicted molar refractivity (Wildman–Crippen MR) is 61.9 cm³/mol. The fourth-order valence-corrected chi connectivity index (χ4v) is 2.26. The Morgan fingerprint density at radius 1 is 1.69 bits per heavy atom. The highest BCUT2D eigenvalue weighted by atomic mass is 35.5.